The van der Waals surface area contributed by atoms with Crippen LogP contribution in [0.1, 0.15) is 26.3 Å². The third-order valence-corrected chi connectivity index (χ3v) is 5.67. The Morgan fingerprint density at radius 3 is 2.11 bits per heavy atom. The summed E-state index contributed by atoms with van der Waals surface area (Å²) in [5.74, 6) is 0.0886. The molecule has 0 aliphatic heterocycles. The van der Waals surface area contributed by atoms with Gasteiger partial charge in [0.25, 0.3) is 0 Å². The van der Waals surface area contributed by atoms with Gasteiger partial charge in [-0.3, -0.25) is 4.79 Å². The summed E-state index contributed by atoms with van der Waals surface area (Å²) in [7, 11) is 0. The van der Waals surface area contributed by atoms with Crippen molar-refractivity contribution in [2.75, 3.05) is 0 Å². The lowest BCUT2D eigenvalue weighted by Crippen LogP contribution is -2.19. The second kappa shape index (κ2) is 6.49. The highest BCUT2D eigenvalue weighted by Crippen LogP contribution is 2.33. The van der Waals surface area contributed by atoms with E-state index in [2.05, 4.69) is 31.9 Å². The Labute approximate surface area is 130 Å². The van der Waals surface area contributed by atoms with E-state index in [4.69, 9.17) is 0 Å². The molecule has 98 valence electrons. The lowest BCUT2D eigenvalue weighted by Gasteiger charge is -2.16. The second-order valence-corrected chi connectivity index (χ2v) is 6.42. The van der Waals surface area contributed by atoms with Gasteiger partial charge in [-0.2, -0.15) is 0 Å². The molecule has 0 amide bonds. The van der Waals surface area contributed by atoms with Gasteiger partial charge in [0.1, 0.15) is 0 Å². The van der Waals surface area contributed by atoms with Gasteiger partial charge in [0.15, 0.2) is 5.78 Å². The predicted octanol–water partition coefficient (Wildman–Crippen LogP) is 5.08. The van der Waals surface area contributed by atoms with Crippen LogP contribution in [0, 0.1) is 6.92 Å². The molecule has 0 saturated carbocycles. The molecule has 2 aromatic rings. The maximum Gasteiger partial charge on any atom is 0.177 e. The molecule has 0 spiro atoms. The summed E-state index contributed by atoms with van der Waals surface area (Å²) < 4.78 is 0. The van der Waals surface area contributed by atoms with Crippen molar-refractivity contribution in [3.05, 3.63) is 71.3 Å². The third kappa shape index (κ3) is 3.54. The topological polar surface area (TPSA) is 17.1 Å². The second-order valence-electron chi connectivity index (χ2n) is 4.44. The highest BCUT2D eigenvalue weighted by molar-refractivity contribution is 9.12. The number of ketones is 1. The summed E-state index contributed by atoms with van der Waals surface area (Å²) in [6.07, 6.45) is 0. The minimum Gasteiger partial charge on any atom is -0.293 e. The molecule has 0 radical (unpaired) electrons. The zero-order chi connectivity index (χ0) is 13.8. The molecule has 0 fully saturated rings. The minimum absolute atomic E-state index is 0.0393. The highest BCUT2D eigenvalue weighted by Gasteiger charge is 2.25. The molecule has 0 heterocycles. The molecular formula is C16H14Br2O. The summed E-state index contributed by atoms with van der Waals surface area (Å²) in [5, 5.41) is 0. The fourth-order valence-corrected chi connectivity index (χ4v) is 2.93. The summed E-state index contributed by atoms with van der Waals surface area (Å²) in [6.45, 7) is 2.01. The molecule has 19 heavy (non-hydrogen) atoms. The SMILES string of the molecule is Cc1ccc(C(=O)C(Br)C(Br)c2ccccc2)cc1. The van der Waals surface area contributed by atoms with Crippen LogP contribution >= 0.6 is 31.9 Å². The van der Waals surface area contributed by atoms with Crippen molar-refractivity contribution in [1.82, 2.24) is 0 Å². The first kappa shape index (κ1) is 14.5. The van der Waals surface area contributed by atoms with E-state index in [0.717, 1.165) is 16.7 Å². The molecule has 1 nitrogen and oxygen atoms in total. The van der Waals surface area contributed by atoms with Crippen LogP contribution in [0.2, 0.25) is 0 Å². The first-order chi connectivity index (χ1) is 9.09. The third-order valence-electron chi connectivity index (χ3n) is 2.96. The zero-order valence-corrected chi connectivity index (χ0v) is 13.7. The van der Waals surface area contributed by atoms with Gasteiger partial charge in [-0.1, -0.05) is 92.0 Å². The van der Waals surface area contributed by atoms with E-state index in [1.165, 1.54) is 0 Å². The molecule has 2 atom stereocenters. The Hall–Kier alpha value is -0.930. The van der Waals surface area contributed by atoms with Crippen LogP contribution in [-0.4, -0.2) is 10.6 Å². The molecule has 2 unspecified atom stereocenters. The average molecular weight is 382 g/mol. The molecule has 0 aromatic heterocycles. The average Bonchev–Trinajstić information content (AvgIpc) is 2.46. The smallest absolute Gasteiger partial charge is 0.177 e. The lowest BCUT2D eigenvalue weighted by molar-refractivity contribution is 0.0991. The molecule has 0 N–H and O–H groups in total. The zero-order valence-electron chi connectivity index (χ0n) is 10.5. The molecule has 0 saturated heterocycles. The Morgan fingerprint density at radius 2 is 1.53 bits per heavy atom. The van der Waals surface area contributed by atoms with Gasteiger partial charge in [0, 0.05) is 5.56 Å². The van der Waals surface area contributed by atoms with Crippen molar-refractivity contribution in [1.29, 1.82) is 0 Å². The first-order valence-corrected chi connectivity index (χ1v) is 7.86. The number of rotatable bonds is 4. The van der Waals surface area contributed by atoms with Crippen molar-refractivity contribution >= 4 is 37.6 Å². The van der Waals surface area contributed by atoms with Crippen molar-refractivity contribution in [2.45, 2.75) is 16.6 Å². The number of Topliss-reactive ketones (excluding diaryl/α,β-unsaturated/α-hetero) is 1. The standard InChI is InChI=1S/C16H14Br2O/c1-11-7-9-13(10-8-11)16(19)15(18)14(17)12-5-3-2-4-6-12/h2-10,14-15H,1H3. The number of aryl methyl sites for hydroxylation is 1. The Bertz CT molecular complexity index is 549. The Balaban J connectivity index is 2.17. The van der Waals surface area contributed by atoms with Crippen LogP contribution in [0.4, 0.5) is 0 Å². The van der Waals surface area contributed by atoms with E-state index in [9.17, 15) is 4.79 Å². The van der Waals surface area contributed by atoms with Crippen LogP contribution in [0.3, 0.4) is 0 Å². The molecule has 3 heteroatoms. The van der Waals surface area contributed by atoms with Gasteiger partial charge >= 0.3 is 0 Å². The molecule has 2 rings (SSSR count). The van der Waals surface area contributed by atoms with Crippen molar-refractivity contribution in [3.63, 3.8) is 0 Å². The van der Waals surface area contributed by atoms with Crippen LogP contribution in [0.25, 0.3) is 0 Å². The summed E-state index contributed by atoms with van der Waals surface area (Å²) in [6, 6.07) is 17.6. The summed E-state index contributed by atoms with van der Waals surface area (Å²) >= 11 is 7.10. The normalized spacial score (nSPS) is 13.8. The van der Waals surface area contributed by atoms with E-state index in [0.29, 0.717) is 0 Å². The van der Waals surface area contributed by atoms with Crippen molar-refractivity contribution in [3.8, 4) is 0 Å². The van der Waals surface area contributed by atoms with Gasteiger partial charge in [0.2, 0.25) is 0 Å². The number of hydrogen-bond acceptors (Lipinski definition) is 1. The van der Waals surface area contributed by atoms with Gasteiger partial charge in [-0.25, -0.2) is 0 Å². The molecule has 0 aliphatic carbocycles. The number of carbonyl (C=O) groups excluding carboxylic acids is 1. The number of carbonyl (C=O) groups is 1. The van der Waals surface area contributed by atoms with Gasteiger partial charge in [-0.15, -0.1) is 0 Å². The largest absolute Gasteiger partial charge is 0.293 e. The monoisotopic (exact) mass is 380 g/mol. The fraction of sp³-hybridized carbons (Fsp3) is 0.188. The highest BCUT2D eigenvalue weighted by atomic mass is 79.9. The number of halogens is 2. The van der Waals surface area contributed by atoms with Crippen LogP contribution in [0.15, 0.2) is 54.6 Å². The summed E-state index contributed by atoms with van der Waals surface area (Å²) in [4.78, 5) is 12.1. The van der Waals surface area contributed by atoms with Crippen molar-refractivity contribution in [2.24, 2.45) is 0 Å². The molecule has 2 aromatic carbocycles. The van der Waals surface area contributed by atoms with Gasteiger partial charge in [0.05, 0.1) is 9.65 Å². The molecule has 0 bridgehead atoms. The maximum atomic E-state index is 12.4. The number of alkyl halides is 2. The van der Waals surface area contributed by atoms with E-state index < -0.39 is 0 Å². The van der Waals surface area contributed by atoms with Crippen LogP contribution in [0.5, 0.6) is 0 Å². The molecular weight excluding hydrogens is 368 g/mol. The summed E-state index contributed by atoms with van der Waals surface area (Å²) in [5.41, 5.74) is 2.97. The Morgan fingerprint density at radius 1 is 0.947 bits per heavy atom. The van der Waals surface area contributed by atoms with Gasteiger partial charge < -0.3 is 0 Å². The van der Waals surface area contributed by atoms with Crippen LogP contribution < -0.4 is 0 Å². The molecule has 0 aliphatic rings. The first-order valence-electron chi connectivity index (χ1n) is 6.03. The fourth-order valence-electron chi connectivity index (χ4n) is 1.82. The van der Waals surface area contributed by atoms with E-state index in [-0.39, 0.29) is 15.4 Å². The van der Waals surface area contributed by atoms with Crippen LogP contribution in [-0.2, 0) is 0 Å². The van der Waals surface area contributed by atoms with E-state index in [1.54, 1.807) is 0 Å². The van der Waals surface area contributed by atoms with Crippen molar-refractivity contribution < 1.29 is 4.79 Å². The number of hydrogen-bond donors (Lipinski definition) is 0. The van der Waals surface area contributed by atoms with E-state index in [1.807, 2.05) is 61.5 Å². The van der Waals surface area contributed by atoms with E-state index >= 15 is 0 Å². The lowest BCUT2D eigenvalue weighted by atomic mass is 10.0. The van der Waals surface area contributed by atoms with Gasteiger partial charge in [-0.05, 0) is 12.5 Å². The maximum absolute atomic E-state index is 12.4. The number of benzene rings is 2. The Kier molecular flexibility index (Phi) is 4.94. The predicted molar refractivity (Wildman–Crippen MR) is 86.3 cm³/mol. The quantitative estimate of drug-likeness (QED) is 0.533. The minimum atomic E-state index is -0.280.